The van der Waals surface area contributed by atoms with Crippen molar-refractivity contribution in [2.75, 3.05) is 24.6 Å². The number of esters is 1. The number of carbonyl (C=O) groups is 2. The number of carbonyl (C=O) groups excluding carboxylic acids is 2. The predicted octanol–water partition coefficient (Wildman–Crippen LogP) is 2.89. The van der Waals surface area contributed by atoms with Crippen LogP contribution in [0.5, 0.6) is 0 Å². The van der Waals surface area contributed by atoms with Crippen LogP contribution >= 0.6 is 11.3 Å². The average Bonchev–Trinajstić information content (AvgIpc) is 2.98. The lowest BCUT2D eigenvalue weighted by Crippen LogP contribution is -2.37. The number of ether oxygens (including phenoxy) is 1. The van der Waals surface area contributed by atoms with Gasteiger partial charge in [-0.15, -0.1) is 11.3 Å². The minimum atomic E-state index is -0.0907. The lowest BCUT2D eigenvalue weighted by Gasteiger charge is -2.32. The summed E-state index contributed by atoms with van der Waals surface area (Å²) in [6.45, 7) is 3.83. The van der Waals surface area contributed by atoms with E-state index in [0.29, 0.717) is 11.5 Å². The third-order valence-corrected chi connectivity index (χ3v) is 5.00. The maximum atomic E-state index is 11.8. The molecule has 0 N–H and O–H groups in total. The number of fused-ring (bicyclic) bond motifs is 1. The SMILES string of the molecule is CCOC(=O)C1CCN(c2nccc3sc(C=O)cc23)CC1. The van der Waals surface area contributed by atoms with Crippen LogP contribution in [0.2, 0.25) is 0 Å². The van der Waals surface area contributed by atoms with Crippen LogP contribution in [0.1, 0.15) is 29.4 Å². The normalized spacial score (nSPS) is 16.0. The lowest BCUT2D eigenvalue weighted by molar-refractivity contribution is -0.148. The number of thiophene rings is 1. The molecule has 1 saturated heterocycles. The summed E-state index contributed by atoms with van der Waals surface area (Å²) in [7, 11) is 0. The third-order valence-electron chi connectivity index (χ3n) is 3.97. The predicted molar refractivity (Wildman–Crippen MR) is 86.6 cm³/mol. The van der Waals surface area contributed by atoms with Crippen molar-refractivity contribution in [1.29, 1.82) is 0 Å². The second-order valence-corrected chi connectivity index (χ2v) is 6.44. The van der Waals surface area contributed by atoms with Crippen molar-refractivity contribution in [3.63, 3.8) is 0 Å². The van der Waals surface area contributed by atoms with Crippen molar-refractivity contribution in [1.82, 2.24) is 4.98 Å². The number of aldehydes is 1. The highest BCUT2D eigenvalue weighted by Gasteiger charge is 2.27. The summed E-state index contributed by atoms with van der Waals surface area (Å²) in [4.78, 5) is 30.2. The number of hydrogen-bond acceptors (Lipinski definition) is 6. The number of rotatable bonds is 4. The molecule has 116 valence electrons. The Kier molecular flexibility index (Phi) is 4.38. The molecule has 0 unspecified atom stereocenters. The Bertz CT molecular complexity index is 690. The minimum absolute atomic E-state index is 0.0107. The van der Waals surface area contributed by atoms with Crippen molar-refractivity contribution < 1.29 is 14.3 Å². The summed E-state index contributed by atoms with van der Waals surface area (Å²) >= 11 is 1.48. The van der Waals surface area contributed by atoms with Crippen molar-refractivity contribution >= 4 is 39.5 Å². The van der Waals surface area contributed by atoms with Crippen molar-refractivity contribution in [2.45, 2.75) is 19.8 Å². The van der Waals surface area contributed by atoms with Crippen molar-refractivity contribution in [2.24, 2.45) is 5.92 Å². The molecule has 0 saturated carbocycles. The second kappa shape index (κ2) is 6.44. The van der Waals surface area contributed by atoms with Gasteiger partial charge in [0.1, 0.15) is 5.82 Å². The highest BCUT2D eigenvalue weighted by atomic mass is 32.1. The summed E-state index contributed by atoms with van der Waals surface area (Å²) < 4.78 is 6.17. The zero-order valence-corrected chi connectivity index (χ0v) is 13.3. The number of pyridine rings is 1. The van der Waals surface area contributed by atoms with E-state index in [-0.39, 0.29) is 11.9 Å². The van der Waals surface area contributed by atoms with Crippen LogP contribution < -0.4 is 4.90 Å². The molecule has 0 bridgehead atoms. The van der Waals surface area contributed by atoms with Crippen LogP contribution in [0.25, 0.3) is 10.1 Å². The molecule has 0 atom stereocenters. The number of aromatic nitrogens is 1. The van der Waals surface area contributed by atoms with E-state index >= 15 is 0 Å². The first-order valence-electron chi connectivity index (χ1n) is 7.48. The quantitative estimate of drug-likeness (QED) is 0.641. The average molecular weight is 318 g/mol. The van der Waals surface area contributed by atoms with Crippen molar-refractivity contribution in [3.05, 3.63) is 23.2 Å². The fourth-order valence-electron chi connectivity index (χ4n) is 2.87. The minimum Gasteiger partial charge on any atom is -0.466 e. The molecular formula is C16H18N2O3S. The van der Waals surface area contributed by atoms with Crippen LogP contribution in [0.4, 0.5) is 5.82 Å². The maximum Gasteiger partial charge on any atom is 0.309 e. The molecule has 2 aromatic heterocycles. The van der Waals surface area contributed by atoms with E-state index in [0.717, 1.165) is 48.1 Å². The number of piperidine rings is 1. The number of anilines is 1. The summed E-state index contributed by atoms with van der Waals surface area (Å²) in [5.74, 6) is 0.805. The Labute approximate surface area is 132 Å². The molecule has 1 aliphatic heterocycles. The monoisotopic (exact) mass is 318 g/mol. The lowest BCUT2D eigenvalue weighted by atomic mass is 9.97. The van der Waals surface area contributed by atoms with E-state index in [9.17, 15) is 9.59 Å². The summed E-state index contributed by atoms with van der Waals surface area (Å²) in [5.41, 5.74) is 0. The van der Waals surface area contributed by atoms with Crippen molar-refractivity contribution in [3.8, 4) is 0 Å². The Balaban J connectivity index is 1.77. The van der Waals surface area contributed by atoms with Crippen LogP contribution in [0, 0.1) is 5.92 Å². The smallest absolute Gasteiger partial charge is 0.309 e. The van der Waals surface area contributed by atoms with Gasteiger partial charge in [-0.25, -0.2) is 4.98 Å². The fraction of sp³-hybridized carbons (Fsp3) is 0.438. The van der Waals surface area contributed by atoms with Gasteiger partial charge in [-0.05, 0) is 31.9 Å². The molecule has 1 aliphatic rings. The first-order chi connectivity index (χ1) is 10.7. The molecule has 3 heterocycles. The first kappa shape index (κ1) is 15.0. The van der Waals surface area contributed by atoms with Gasteiger partial charge in [-0.2, -0.15) is 0 Å². The fourth-order valence-corrected chi connectivity index (χ4v) is 3.73. The van der Waals surface area contributed by atoms with Gasteiger partial charge in [-0.1, -0.05) is 0 Å². The van der Waals surface area contributed by atoms with E-state index in [1.54, 1.807) is 6.20 Å². The molecular weight excluding hydrogens is 300 g/mol. The van der Waals surface area contributed by atoms with E-state index in [1.165, 1.54) is 11.3 Å². The van der Waals surface area contributed by atoms with Gasteiger partial charge in [-0.3, -0.25) is 9.59 Å². The number of nitrogens with zero attached hydrogens (tertiary/aromatic N) is 2. The molecule has 0 spiro atoms. The highest BCUT2D eigenvalue weighted by molar-refractivity contribution is 7.20. The molecule has 5 nitrogen and oxygen atoms in total. The van der Waals surface area contributed by atoms with Gasteiger partial charge in [0.2, 0.25) is 0 Å². The standard InChI is InChI=1S/C16H18N2O3S/c1-2-21-16(20)11-4-7-18(8-5-11)15-13-9-12(10-19)22-14(13)3-6-17-15/h3,6,9-11H,2,4-5,7-8H2,1H3. The van der Waals surface area contributed by atoms with Crippen LogP contribution in [-0.4, -0.2) is 36.9 Å². The molecule has 22 heavy (non-hydrogen) atoms. The van der Waals surface area contributed by atoms with Crippen LogP contribution in [-0.2, 0) is 9.53 Å². The Hall–Kier alpha value is -1.95. The van der Waals surface area contributed by atoms with Crippen LogP contribution in [0.15, 0.2) is 18.3 Å². The van der Waals surface area contributed by atoms with Gasteiger partial charge in [0, 0.05) is 29.4 Å². The van der Waals surface area contributed by atoms with Gasteiger partial charge < -0.3 is 9.64 Å². The van der Waals surface area contributed by atoms with E-state index in [1.807, 2.05) is 19.1 Å². The number of hydrogen-bond donors (Lipinski definition) is 0. The molecule has 2 aromatic rings. The van der Waals surface area contributed by atoms with Gasteiger partial charge in [0.05, 0.1) is 17.4 Å². The zero-order chi connectivity index (χ0) is 15.5. The van der Waals surface area contributed by atoms with Gasteiger partial charge in [0.25, 0.3) is 0 Å². The third kappa shape index (κ3) is 2.83. The van der Waals surface area contributed by atoms with Gasteiger partial charge >= 0.3 is 5.97 Å². The Morgan fingerprint density at radius 3 is 2.95 bits per heavy atom. The van der Waals surface area contributed by atoms with Gasteiger partial charge in [0.15, 0.2) is 6.29 Å². The molecule has 0 aliphatic carbocycles. The molecule has 6 heteroatoms. The molecule has 3 rings (SSSR count). The summed E-state index contributed by atoms with van der Waals surface area (Å²) in [6.07, 6.45) is 4.21. The summed E-state index contributed by atoms with van der Waals surface area (Å²) in [6, 6.07) is 3.83. The highest BCUT2D eigenvalue weighted by Crippen LogP contribution is 2.33. The maximum absolute atomic E-state index is 11.8. The topological polar surface area (TPSA) is 59.5 Å². The summed E-state index contributed by atoms with van der Waals surface area (Å²) in [5, 5.41) is 1.02. The van der Waals surface area contributed by atoms with E-state index in [2.05, 4.69) is 9.88 Å². The molecule has 1 fully saturated rings. The largest absolute Gasteiger partial charge is 0.466 e. The van der Waals surface area contributed by atoms with E-state index < -0.39 is 0 Å². The first-order valence-corrected chi connectivity index (χ1v) is 8.30. The van der Waals surface area contributed by atoms with Crippen LogP contribution in [0.3, 0.4) is 0 Å². The Morgan fingerprint density at radius 2 is 2.27 bits per heavy atom. The molecule has 0 radical (unpaired) electrons. The zero-order valence-electron chi connectivity index (χ0n) is 12.4. The second-order valence-electron chi connectivity index (χ2n) is 5.33. The van der Waals surface area contributed by atoms with E-state index in [4.69, 9.17) is 4.74 Å². The molecule has 0 aromatic carbocycles. The Morgan fingerprint density at radius 1 is 1.50 bits per heavy atom. The molecule has 0 amide bonds.